The molecule has 0 saturated carbocycles. The molecular formula is C24H17ClFN5O2S. The zero-order chi connectivity index (χ0) is 23.8. The van der Waals surface area contributed by atoms with E-state index in [-0.39, 0.29) is 17.0 Å². The lowest BCUT2D eigenvalue weighted by molar-refractivity contribution is -0.113. The summed E-state index contributed by atoms with van der Waals surface area (Å²) in [4.78, 5) is 25.8. The van der Waals surface area contributed by atoms with E-state index < -0.39 is 11.7 Å². The quantitative estimate of drug-likeness (QED) is 0.353. The summed E-state index contributed by atoms with van der Waals surface area (Å²) in [6.07, 6.45) is 0. The number of thioether (sulfide) groups is 1. The first-order valence-corrected chi connectivity index (χ1v) is 11.6. The van der Waals surface area contributed by atoms with E-state index in [4.69, 9.17) is 11.6 Å². The second-order valence-electron chi connectivity index (χ2n) is 7.57. The number of aromatic nitrogens is 4. The smallest absolute Gasteiger partial charge is 0.267 e. The molecule has 170 valence electrons. The van der Waals surface area contributed by atoms with Crippen molar-refractivity contribution < 1.29 is 9.18 Å². The molecule has 5 rings (SSSR count). The molecule has 2 aromatic heterocycles. The van der Waals surface area contributed by atoms with Crippen LogP contribution in [0.5, 0.6) is 0 Å². The van der Waals surface area contributed by atoms with Gasteiger partial charge in [0, 0.05) is 5.02 Å². The van der Waals surface area contributed by atoms with Gasteiger partial charge < -0.3 is 5.32 Å². The summed E-state index contributed by atoms with van der Waals surface area (Å²) in [6, 6.07) is 18.6. The van der Waals surface area contributed by atoms with Crippen LogP contribution in [0.4, 0.5) is 10.1 Å². The molecule has 0 unspecified atom stereocenters. The van der Waals surface area contributed by atoms with Gasteiger partial charge in [0.05, 0.1) is 28.0 Å². The largest absolute Gasteiger partial charge is 0.323 e. The molecule has 0 fully saturated rings. The Morgan fingerprint density at radius 2 is 1.85 bits per heavy atom. The summed E-state index contributed by atoms with van der Waals surface area (Å²) in [5, 5.41) is 12.2. The number of anilines is 1. The monoisotopic (exact) mass is 493 g/mol. The number of carbonyl (C=O) groups excluding carboxylic acids is 1. The van der Waals surface area contributed by atoms with Crippen LogP contribution in [-0.4, -0.2) is 30.8 Å². The van der Waals surface area contributed by atoms with E-state index >= 15 is 0 Å². The van der Waals surface area contributed by atoms with Crippen molar-refractivity contribution in [1.29, 1.82) is 0 Å². The number of rotatable bonds is 5. The molecule has 0 aliphatic carbocycles. The van der Waals surface area contributed by atoms with Gasteiger partial charge in [0.25, 0.3) is 5.56 Å². The van der Waals surface area contributed by atoms with Crippen molar-refractivity contribution >= 4 is 51.6 Å². The lowest BCUT2D eigenvalue weighted by Crippen LogP contribution is -2.22. The van der Waals surface area contributed by atoms with Crippen molar-refractivity contribution in [3.8, 4) is 5.69 Å². The number of nitrogens with zero attached hydrogens (tertiary/aromatic N) is 4. The minimum absolute atomic E-state index is 0.00265. The molecule has 7 nitrogen and oxygen atoms in total. The van der Waals surface area contributed by atoms with Crippen molar-refractivity contribution in [2.24, 2.45) is 0 Å². The number of para-hydroxylation sites is 1. The molecule has 0 radical (unpaired) electrons. The Morgan fingerprint density at radius 3 is 2.65 bits per heavy atom. The molecule has 0 atom stereocenters. The van der Waals surface area contributed by atoms with Crippen molar-refractivity contribution in [2.45, 2.75) is 12.1 Å². The highest BCUT2D eigenvalue weighted by atomic mass is 35.5. The predicted molar refractivity (Wildman–Crippen MR) is 132 cm³/mol. The van der Waals surface area contributed by atoms with Gasteiger partial charge in [-0.25, -0.2) is 8.96 Å². The number of hydrogen-bond donors (Lipinski definition) is 1. The fraction of sp³-hybridized carbons (Fsp3) is 0.0833. The van der Waals surface area contributed by atoms with Crippen molar-refractivity contribution in [3.05, 3.63) is 93.5 Å². The number of carbonyl (C=O) groups is 1. The Hall–Kier alpha value is -3.69. The standard InChI is InChI=1S/C24H17ClFN5O2S/c1-14-6-9-16(10-7-14)30-22(33)17-4-2-3-5-20(17)31-23(30)28-29-24(31)34-13-21(32)27-19-12-15(25)8-11-18(19)26/h2-12H,13H2,1H3,(H,27,32). The average molecular weight is 494 g/mol. The Morgan fingerprint density at radius 1 is 1.09 bits per heavy atom. The third kappa shape index (κ3) is 4.04. The highest BCUT2D eigenvalue weighted by molar-refractivity contribution is 7.99. The Balaban J connectivity index is 1.54. The minimum Gasteiger partial charge on any atom is -0.323 e. The van der Waals surface area contributed by atoms with Crippen LogP contribution in [0.25, 0.3) is 22.4 Å². The second kappa shape index (κ2) is 8.92. The first-order valence-electron chi connectivity index (χ1n) is 10.3. The van der Waals surface area contributed by atoms with Crippen LogP contribution in [-0.2, 0) is 4.79 Å². The highest BCUT2D eigenvalue weighted by Gasteiger charge is 2.19. The van der Waals surface area contributed by atoms with E-state index in [0.717, 1.165) is 17.3 Å². The molecule has 5 aromatic rings. The van der Waals surface area contributed by atoms with Gasteiger partial charge in [0.15, 0.2) is 5.16 Å². The number of benzene rings is 3. The van der Waals surface area contributed by atoms with Gasteiger partial charge in [-0.3, -0.25) is 14.0 Å². The summed E-state index contributed by atoms with van der Waals surface area (Å²) >= 11 is 7.02. The maximum Gasteiger partial charge on any atom is 0.267 e. The molecule has 10 heteroatoms. The van der Waals surface area contributed by atoms with Crippen LogP contribution in [0.3, 0.4) is 0 Å². The summed E-state index contributed by atoms with van der Waals surface area (Å²) in [5.41, 5.74) is 2.13. The van der Waals surface area contributed by atoms with Gasteiger partial charge in [0.1, 0.15) is 5.82 Å². The fourth-order valence-electron chi connectivity index (χ4n) is 3.61. The number of halogens is 2. The van der Waals surface area contributed by atoms with Crippen LogP contribution in [0.2, 0.25) is 5.02 Å². The molecular weight excluding hydrogens is 477 g/mol. The SMILES string of the molecule is Cc1ccc(-n2c(=O)c3ccccc3n3c(SCC(=O)Nc4cc(Cl)ccc4F)nnc23)cc1. The molecule has 0 saturated heterocycles. The van der Waals surface area contributed by atoms with Crippen LogP contribution in [0.15, 0.2) is 76.7 Å². The molecule has 1 N–H and O–H groups in total. The average Bonchev–Trinajstić information content (AvgIpc) is 3.25. The molecule has 0 bridgehead atoms. The van der Waals surface area contributed by atoms with Crippen LogP contribution < -0.4 is 10.9 Å². The number of hydrogen-bond acceptors (Lipinski definition) is 5. The van der Waals surface area contributed by atoms with E-state index in [9.17, 15) is 14.0 Å². The van der Waals surface area contributed by atoms with Gasteiger partial charge in [-0.05, 0) is 49.4 Å². The summed E-state index contributed by atoms with van der Waals surface area (Å²) < 4.78 is 17.2. The summed E-state index contributed by atoms with van der Waals surface area (Å²) in [5.74, 6) is -0.732. The van der Waals surface area contributed by atoms with Crippen LogP contribution in [0, 0.1) is 12.7 Å². The van der Waals surface area contributed by atoms with Crippen LogP contribution >= 0.6 is 23.4 Å². The lowest BCUT2D eigenvalue weighted by atomic mass is 10.2. The van der Waals surface area contributed by atoms with Crippen molar-refractivity contribution in [2.75, 3.05) is 11.1 Å². The molecule has 0 spiro atoms. The second-order valence-corrected chi connectivity index (χ2v) is 8.95. The number of amides is 1. The zero-order valence-corrected chi connectivity index (χ0v) is 19.4. The van der Waals surface area contributed by atoms with E-state index in [2.05, 4.69) is 15.5 Å². The molecule has 2 heterocycles. The van der Waals surface area contributed by atoms with Gasteiger partial charge in [0.2, 0.25) is 11.7 Å². The molecule has 0 aliphatic rings. The van der Waals surface area contributed by atoms with Crippen molar-refractivity contribution in [1.82, 2.24) is 19.2 Å². The highest BCUT2D eigenvalue weighted by Crippen LogP contribution is 2.24. The Kier molecular flexibility index (Phi) is 5.80. The summed E-state index contributed by atoms with van der Waals surface area (Å²) in [7, 11) is 0. The van der Waals surface area contributed by atoms with E-state index in [1.807, 2.05) is 37.3 Å². The molecule has 1 amide bonds. The van der Waals surface area contributed by atoms with E-state index in [1.54, 1.807) is 22.6 Å². The first-order chi connectivity index (χ1) is 16.4. The van der Waals surface area contributed by atoms with Crippen molar-refractivity contribution in [3.63, 3.8) is 0 Å². The Labute approximate surface area is 202 Å². The lowest BCUT2D eigenvalue weighted by Gasteiger charge is -2.11. The number of nitrogens with one attached hydrogen (secondary N) is 1. The number of fused-ring (bicyclic) bond motifs is 3. The maximum absolute atomic E-state index is 14.0. The summed E-state index contributed by atoms with van der Waals surface area (Å²) in [6.45, 7) is 1.97. The van der Waals surface area contributed by atoms with Gasteiger partial charge in [-0.2, -0.15) is 0 Å². The van der Waals surface area contributed by atoms with Gasteiger partial charge in [-0.1, -0.05) is 53.2 Å². The topological polar surface area (TPSA) is 81.3 Å². The predicted octanol–water partition coefficient (Wildman–Crippen LogP) is 4.87. The third-order valence-corrected chi connectivity index (χ3v) is 6.39. The first kappa shape index (κ1) is 22.1. The fourth-order valence-corrected chi connectivity index (χ4v) is 4.52. The molecule has 3 aromatic carbocycles. The zero-order valence-electron chi connectivity index (χ0n) is 17.8. The third-order valence-electron chi connectivity index (χ3n) is 5.22. The van der Waals surface area contributed by atoms with Gasteiger partial charge in [-0.15, -0.1) is 10.2 Å². The minimum atomic E-state index is -0.580. The molecule has 34 heavy (non-hydrogen) atoms. The Bertz CT molecular complexity index is 1610. The van der Waals surface area contributed by atoms with Crippen LogP contribution in [0.1, 0.15) is 5.56 Å². The molecule has 0 aliphatic heterocycles. The normalized spacial score (nSPS) is 11.3. The van der Waals surface area contributed by atoms with E-state index in [0.29, 0.717) is 32.5 Å². The number of aryl methyl sites for hydroxylation is 1. The van der Waals surface area contributed by atoms with Gasteiger partial charge >= 0.3 is 0 Å². The van der Waals surface area contributed by atoms with E-state index in [1.165, 1.54) is 22.8 Å². The maximum atomic E-state index is 14.0.